The van der Waals surface area contributed by atoms with Crippen LogP contribution in [0.15, 0.2) is 35.2 Å². The highest BCUT2D eigenvalue weighted by Crippen LogP contribution is 2.44. The van der Waals surface area contributed by atoms with Gasteiger partial charge in [-0.1, -0.05) is 18.2 Å². The molecule has 116 valence electrons. The summed E-state index contributed by atoms with van der Waals surface area (Å²) in [5.41, 5.74) is 0.610. The summed E-state index contributed by atoms with van der Waals surface area (Å²) in [4.78, 5) is 4.15. The molecule has 1 atom stereocenters. The second kappa shape index (κ2) is 5.94. The van der Waals surface area contributed by atoms with Crippen LogP contribution in [0, 0.1) is 5.92 Å². The van der Waals surface area contributed by atoms with Crippen LogP contribution in [-0.2, 0) is 0 Å². The fourth-order valence-corrected chi connectivity index (χ4v) is 4.37. The Kier molecular flexibility index (Phi) is 4.35. The van der Waals surface area contributed by atoms with E-state index in [2.05, 4.69) is 61.3 Å². The van der Waals surface area contributed by atoms with Crippen LogP contribution in [0.2, 0.25) is 0 Å². The van der Waals surface area contributed by atoms with Crippen LogP contribution in [0.1, 0.15) is 33.6 Å². The number of piperazine rings is 1. The molecule has 1 aromatic carbocycles. The molecular weight excluding hydrogens is 276 g/mol. The predicted molar refractivity (Wildman–Crippen MR) is 91.9 cm³/mol. The minimum absolute atomic E-state index is 0.242. The van der Waals surface area contributed by atoms with Crippen LogP contribution < -0.4 is 5.32 Å². The van der Waals surface area contributed by atoms with E-state index in [9.17, 15) is 0 Å². The lowest BCUT2D eigenvalue weighted by Gasteiger charge is -2.52. The maximum Gasteiger partial charge on any atom is 0.0335 e. The van der Waals surface area contributed by atoms with Crippen molar-refractivity contribution in [1.29, 1.82) is 0 Å². The molecular formula is C18H28N2S. The van der Waals surface area contributed by atoms with E-state index in [1.165, 1.54) is 30.0 Å². The molecule has 1 aliphatic carbocycles. The van der Waals surface area contributed by atoms with E-state index >= 15 is 0 Å². The Morgan fingerprint density at radius 2 is 1.90 bits per heavy atom. The highest BCUT2D eigenvalue weighted by molar-refractivity contribution is 7.99. The maximum absolute atomic E-state index is 3.76. The average Bonchev–Trinajstić information content (AvgIpc) is 3.29. The zero-order valence-electron chi connectivity index (χ0n) is 13.6. The molecule has 1 aromatic rings. The summed E-state index contributed by atoms with van der Waals surface area (Å²) in [6.45, 7) is 10.6. The largest absolute Gasteiger partial charge is 0.309 e. The lowest BCUT2D eigenvalue weighted by atomic mass is 9.86. The molecule has 1 saturated heterocycles. The summed E-state index contributed by atoms with van der Waals surface area (Å²) in [5, 5.41) is 3.76. The normalized spacial score (nSPS) is 29.5. The number of hydrogen-bond donors (Lipinski definition) is 1. The number of nitrogens with one attached hydrogen (secondary N) is 1. The Bertz CT molecular complexity index is 469. The highest BCUT2D eigenvalue weighted by Gasteiger charge is 2.49. The Labute approximate surface area is 133 Å². The van der Waals surface area contributed by atoms with Gasteiger partial charge in [-0.3, -0.25) is 4.90 Å². The zero-order valence-corrected chi connectivity index (χ0v) is 14.4. The molecule has 2 nitrogen and oxygen atoms in total. The lowest BCUT2D eigenvalue weighted by molar-refractivity contribution is 0.0173. The molecule has 3 rings (SSSR count). The Hall–Kier alpha value is -0.510. The Morgan fingerprint density at radius 1 is 1.19 bits per heavy atom. The van der Waals surface area contributed by atoms with Crippen molar-refractivity contribution in [3.05, 3.63) is 30.3 Å². The van der Waals surface area contributed by atoms with Crippen LogP contribution in [0.3, 0.4) is 0 Å². The van der Waals surface area contributed by atoms with E-state index in [1.54, 1.807) is 0 Å². The van der Waals surface area contributed by atoms with Crippen LogP contribution in [-0.4, -0.2) is 41.4 Å². The second-order valence-corrected chi connectivity index (χ2v) is 8.62. The van der Waals surface area contributed by atoms with Crippen molar-refractivity contribution >= 4 is 11.8 Å². The molecule has 1 saturated carbocycles. The van der Waals surface area contributed by atoms with E-state index in [4.69, 9.17) is 0 Å². The van der Waals surface area contributed by atoms with Crippen molar-refractivity contribution in [2.24, 2.45) is 5.92 Å². The summed E-state index contributed by atoms with van der Waals surface area (Å²) < 4.78 is 0. The molecule has 1 aliphatic heterocycles. The molecule has 0 radical (unpaired) electrons. The third-order valence-electron chi connectivity index (χ3n) is 5.06. The first-order valence-electron chi connectivity index (χ1n) is 8.18. The van der Waals surface area contributed by atoms with Crippen LogP contribution in [0.25, 0.3) is 0 Å². The van der Waals surface area contributed by atoms with Crippen molar-refractivity contribution < 1.29 is 0 Å². The molecule has 0 amide bonds. The first kappa shape index (κ1) is 15.4. The van der Waals surface area contributed by atoms with E-state index in [1.807, 2.05) is 11.8 Å². The van der Waals surface area contributed by atoms with E-state index in [0.29, 0.717) is 5.54 Å². The van der Waals surface area contributed by atoms with Crippen LogP contribution >= 0.6 is 11.8 Å². The minimum atomic E-state index is 0.242. The van der Waals surface area contributed by atoms with Gasteiger partial charge >= 0.3 is 0 Å². The first-order chi connectivity index (χ1) is 10.00. The van der Waals surface area contributed by atoms with E-state index < -0.39 is 0 Å². The summed E-state index contributed by atoms with van der Waals surface area (Å²) in [7, 11) is 0. The number of hydrogen-bond acceptors (Lipinski definition) is 3. The molecule has 3 heteroatoms. The topological polar surface area (TPSA) is 15.3 Å². The summed E-state index contributed by atoms with van der Waals surface area (Å²) >= 11 is 1.99. The fourth-order valence-electron chi connectivity index (χ4n) is 3.48. The van der Waals surface area contributed by atoms with Crippen molar-refractivity contribution in [3.63, 3.8) is 0 Å². The smallest absolute Gasteiger partial charge is 0.0335 e. The molecule has 2 fully saturated rings. The van der Waals surface area contributed by atoms with Gasteiger partial charge in [-0.15, -0.1) is 11.8 Å². The summed E-state index contributed by atoms with van der Waals surface area (Å²) in [6.07, 6.45) is 2.84. The van der Waals surface area contributed by atoms with Crippen molar-refractivity contribution in [1.82, 2.24) is 10.2 Å². The molecule has 1 heterocycles. The van der Waals surface area contributed by atoms with Gasteiger partial charge in [0.15, 0.2) is 0 Å². The Morgan fingerprint density at radius 3 is 2.57 bits per heavy atom. The van der Waals surface area contributed by atoms with Gasteiger partial charge in [-0.05, 0) is 51.7 Å². The molecule has 21 heavy (non-hydrogen) atoms. The third-order valence-corrected chi connectivity index (χ3v) is 6.06. The van der Waals surface area contributed by atoms with Gasteiger partial charge in [0.2, 0.25) is 0 Å². The van der Waals surface area contributed by atoms with E-state index in [-0.39, 0.29) is 5.54 Å². The zero-order chi connectivity index (χ0) is 14.9. The van der Waals surface area contributed by atoms with Gasteiger partial charge in [0.25, 0.3) is 0 Å². The SMILES string of the molecule is CC1(C)CN(CCSc2ccccc2)C(C)(C2CC2)CN1. The molecule has 1 N–H and O–H groups in total. The Balaban J connectivity index is 1.60. The van der Waals surface area contributed by atoms with Gasteiger partial charge in [-0.25, -0.2) is 0 Å². The van der Waals surface area contributed by atoms with Crippen molar-refractivity contribution in [3.8, 4) is 0 Å². The fraction of sp³-hybridized carbons (Fsp3) is 0.667. The second-order valence-electron chi connectivity index (χ2n) is 7.45. The number of thioether (sulfide) groups is 1. The number of nitrogens with zero attached hydrogens (tertiary/aromatic N) is 1. The highest BCUT2D eigenvalue weighted by atomic mass is 32.2. The van der Waals surface area contributed by atoms with Gasteiger partial charge < -0.3 is 5.32 Å². The monoisotopic (exact) mass is 304 g/mol. The molecule has 2 aliphatic rings. The summed E-state index contributed by atoms with van der Waals surface area (Å²) in [5.74, 6) is 2.09. The standard InChI is InChI=1S/C18H28N2S/c1-17(2)14-20(18(3,13-19-17)15-9-10-15)11-12-21-16-7-5-4-6-8-16/h4-8,15,19H,9-14H2,1-3H3. The van der Waals surface area contributed by atoms with Gasteiger partial charge in [0.1, 0.15) is 0 Å². The minimum Gasteiger partial charge on any atom is -0.309 e. The quantitative estimate of drug-likeness (QED) is 0.836. The maximum atomic E-state index is 3.76. The van der Waals surface area contributed by atoms with Crippen molar-refractivity contribution in [2.75, 3.05) is 25.4 Å². The predicted octanol–water partition coefficient (Wildman–Crippen LogP) is 3.63. The molecule has 0 spiro atoms. The lowest BCUT2D eigenvalue weighted by Crippen LogP contribution is -2.68. The van der Waals surface area contributed by atoms with Gasteiger partial charge in [0, 0.05) is 41.4 Å². The molecule has 0 aromatic heterocycles. The van der Waals surface area contributed by atoms with Crippen LogP contribution in [0.4, 0.5) is 0 Å². The van der Waals surface area contributed by atoms with Gasteiger partial charge in [0.05, 0.1) is 0 Å². The first-order valence-corrected chi connectivity index (χ1v) is 9.16. The third kappa shape index (κ3) is 3.64. The summed E-state index contributed by atoms with van der Waals surface area (Å²) in [6, 6.07) is 10.8. The van der Waals surface area contributed by atoms with Gasteiger partial charge in [-0.2, -0.15) is 0 Å². The number of rotatable bonds is 5. The average molecular weight is 305 g/mol. The van der Waals surface area contributed by atoms with Crippen LogP contribution in [0.5, 0.6) is 0 Å². The molecule has 1 unspecified atom stereocenters. The number of benzene rings is 1. The van der Waals surface area contributed by atoms with Crippen molar-refractivity contribution in [2.45, 2.75) is 49.6 Å². The van der Waals surface area contributed by atoms with E-state index in [0.717, 1.165) is 19.0 Å². The molecule has 0 bridgehead atoms.